The molecule has 2 saturated heterocycles. The van der Waals surface area contributed by atoms with E-state index in [9.17, 15) is 14.4 Å². The predicted molar refractivity (Wildman–Crippen MR) is 115 cm³/mol. The summed E-state index contributed by atoms with van der Waals surface area (Å²) in [7, 11) is 0. The molecule has 1 aromatic carbocycles. The van der Waals surface area contributed by atoms with Crippen LogP contribution in [-0.4, -0.2) is 58.7 Å². The van der Waals surface area contributed by atoms with Crippen molar-refractivity contribution in [3.63, 3.8) is 0 Å². The van der Waals surface area contributed by atoms with Gasteiger partial charge in [-0.05, 0) is 52.0 Å². The molecule has 2 aliphatic rings. The van der Waals surface area contributed by atoms with Gasteiger partial charge >= 0.3 is 12.1 Å². The van der Waals surface area contributed by atoms with Crippen LogP contribution in [-0.2, 0) is 25.7 Å². The Morgan fingerprint density at radius 2 is 1.77 bits per heavy atom. The van der Waals surface area contributed by atoms with Crippen LogP contribution in [0.1, 0.15) is 52.0 Å². The molecule has 0 saturated carbocycles. The molecule has 0 aromatic heterocycles. The fourth-order valence-electron chi connectivity index (χ4n) is 4.11. The standard InChI is InChI=1S/C23H33N3O5/c1-23(2,3)31-21(28)17-11-13-26(19(24)14-17)20(27)18-10-7-12-25(18)22(29)30-15-16-8-5-4-6-9-16/h4-6,8-9,17-19H,7,10-15,24H2,1-3H3/t17-,18-,19+/m0/s1. The number of benzene rings is 1. The van der Waals surface area contributed by atoms with Crippen LogP contribution < -0.4 is 5.73 Å². The predicted octanol–water partition coefficient (Wildman–Crippen LogP) is 2.65. The molecule has 8 heteroatoms. The van der Waals surface area contributed by atoms with E-state index in [0.717, 1.165) is 12.0 Å². The van der Waals surface area contributed by atoms with Crippen molar-refractivity contribution in [3.05, 3.63) is 35.9 Å². The second kappa shape index (κ2) is 9.68. The largest absolute Gasteiger partial charge is 0.460 e. The number of amides is 2. The number of esters is 1. The van der Waals surface area contributed by atoms with Crippen LogP contribution in [0.2, 0.25) is 0 Å². The SMILES string of the molecule is CC(C)(C)OC(=O)[C@H]1CCN(C(=O)[C@@H]2CCCN2C(=O)OCc2ccccc2)[C@@H](N)C1. The molecule has 2 aliphatic heterocycles. The van der Waals surface area contributed by atoms with Crippen molar-refractivity contribution in [2.45, 2.75) is 70.9 Å². The summed E-state index contributed by atoms with van der Waals surface area (Å²) in [6.45, 7) is 6.50. The number of piperidine rings is 1. The first kappa shape index (κ1) is 23.1. The van der Waals surface area contributed by atoms with E-state index in [-0.39, 0.29) is 24.4 Å². The lowest BCUT2D eigenvalue weighted by Gasteiger charge is -2.39. The van der Waals surface area contributed by atoms with E-state index < -0.39 is 23.9 Å². The molecule has 0 unspecified atom stereocenters. The molecule has 2 heterocycles. The third-order valence-corrected chi connectivity index (χ3v) is 5.65. The van der Waals surface area contributed by atoms with E-state index in [4.69, 9.17) is 15.2 Å². The van der Waals surface area contributed by atoms with Crippen LogP contribution in [0.3, 0.4) is 0 Å². The third-order valence-electron chi connectivity index (χ3n) is 5.65. The smallest absolute Gasteiger partial charge is 0.410 e. The molecule has 0 aliphatic carbocycles. The molecule has 2 fully saturated rings. The second-order valence-electron chi connectivity index (χ2n) is 9.25. The van der Waals surface area contributed by atoms with E-state index >= 15 is 0 Å². The van der Waals surface area contributed by atoms with Gasteiger partial charge in [0.05, 0.1) is 12.1 Å². The summed E-state index contributed by atoms with van der Waals surface area (Å²) in [6.07, 6.45) is 1.10. The third kappa shape index (κ3) is 5.97. The van der Waals surface area contributed by atoms with Gasteiger partial charge in [-0.2, -0.15) is 0 Å². The maximum Gasteiger partial charge on any atom is 0.410 e. The molecular weight excluding hydrogens is 398 g/mol. The van der Waals surface area contributed by atoms with Gasteiger partial charge in [0, 0.05) is 13.1 Å². The zero-order valence-electron chi connectivity index (χ0n) is 18.6. The minimum Gasteiger partial charge on any atom is -0.460 e. The first-order valence-electron chi connectivity index (χ1n) is 10.9. The molecule has 0 radical (unpaired) electrons. The van der Waals surface area contributed by atoms with Gasteiger partial charge in [-0.15, -0.1) is 0 Å². The van der Waals surface area contributed by atoms with Gasteiger partial charge in [0.15, 0.2) is 0 Å². The molecule has 3 atom stereocenters. The number of hydrogen-bond donors (Lipinski definition) is 1. The van der Waals surface area contributed by atoms with Gasteiger partial charge in [-0.1, -0.05) is 30.3 Å². The molecule has 1 aromatic rings. The molecule has 8 nitrogen and oxygen atoms in total. The number of ether oxygens (including phenoxy) is 2. The summed E-state index contributed by atoms with van der Waals surface area (Å²) in [4.78, 5) is 41.3. The Labute approximate surface area is 183 Å². The van der Waals surface area contributed by atoms with E-state index in [1.807, 2.05) is 51.1 Å². The Morgan fingerprint density at radius 1 is 1.06 bits per heavy atom. The maximum atomic E-state index is 13.2. The highest BCUT2D eigenvalue weighted by atomic mass is 16.6. The Balaban J connectivity index is 1.56. The van der Waals surface area contributed by atoms with Gasteiger partial charge in [-0.3, -0.25) is 14.5 Å². The maximum absolute atomic E-state index is 13.2. The molecule has 170 valence electrons. The van der Waals surface area contributed by atoms with Gasteiger partial charge in [0.1, 0.15) is 18.2 Å². The van der Waals surface area contributed by atoms with Crippen molar-refractivity contribution in [2.24, 2.45) is 11.7 Å². The first-order chi connectivity index (χ1) is 14.7. The summed E-state index contributed by atoms with van der Waals surface area (Å²) in [5.74, 6) is -0.778. The summed E-state index contributed by atoms with van der Waals surface area (Å²) < 4.78 is 10.9. The fraction of sp³-hybridized carbons (Fsp3) is 0.609. The lowest BCUT2D eigenvalue weighted by Crippen LogP contribution is -2.57. The molecule has 31 heavy (non-hydrogen) atoms. The topological polar surface area (TPSA) is 102 Å². The lowest BCUT2D eigenvalue weighted by atomic mass is 9.93. The first-order valence-corrected chi connectivity index (χ1v) is 10.9. The monoisotopic (exact) mass is 431 g/mol. The van der Waals surface area contributed by atoms with Crippen LogP contribution in [0.5, 0.6) is 0 Å². The molecule has 3 rings (SSSR count). The molecular formula is C23H33N3O5. The zero-order chi connectivity index (χ0) is 22.6. The van der Waals surface area contributed by atoms with Crippen LogP contribution in [0.25, 0.3) is 0 Å². The van der Waals surface area contributed by atoms with E-state index in [0.29, 0.717) is 32.4 Å². The van der Waals surface area contributed by atoms with Crippen molar-refractivity contribution in [1.82, 2.24) is 9.80 Å². The highest BCUT2D eigenvalue weighted by Gasteiger charge is 2.41. The van der Waals surface area contributed by atoms with E-state index in [1.54, 1.807) is 4.90 Å². The Kier molecular flexibility index (Phi) is 7.20. The average Bonchev–Trinajstić information content (AvgIpc) is 3.21. The number of nitrogens with zero attached hydrogens (tertiary/aromatic N) is 2. The number of carbonyl (C=O) groups is 3. The average molecular weight is 432 g/mol. The Bertz CT molecular complexity index is 792. The minimum absolute atomic E-state index is 0.165. The van der Waals surface area contributed by atoms with Crippen molar-refractivity contribution in [3.8, 4) is 0 Å². The lowest BCUT2D eigenvalue weighted by molar-refractivity contribution is -0.164. The zero-order valence-corrected chi connectivity index (χ0v) is 18.6. The summed E-state index contributed by atoms with van der Waals surface area (Å²) >= 11 is 0. The van der Waals surface area contributed by atoms with Gasteiger partial charge in [0.25, 0.3) is 0 Å². The number of likely N-dealkylation sites (tertiary alicyclic amines) is 2. The van der Waals surface area contributed by atoms with Crippen LogP contribution >= 0.6 is 0 Å². The van der Waals surface area contributed by atoms with Gasteiger partial charge < -0.3 is 20.1 Å². The summed E-state index contributed by atoms with van der Waals surface area (Å²) in [5, 5.41) is 0. The summed E-state index contributed by atoms with van der Waals surface area (Å²) in [5.41, 5.74) is 6.59. The number of nitrogens with two attached hydrogens (primary N) is 1. The van der Waals surface area contributed by atoms with E-state index in [2.05, 4.69) is 0 Å². The van der Waals surface area contributed by atoms with Crippen LogP contribution in [0.4, 0.5) is 4.79 Å². The van der Waals surface area contributed by atoms with Crippen molar-refractivity contribution in [2.75, 3.05) is 13.1 Å². The highest BCUT2D eigenvalue weighted by Crippen LogP contribution is 2.27. The Morgan fingerprint density at radius 3 is 2.42 bits per heavy atom. The highest BCUT2D eigenvalue weighted by molar-refractivity contribution is 5.87. The Hall–Kier alpha value is -2.61. The minimum atomic E-state index is -0.582. The van der Waals surface area contributed by atoms with Gasteiger partial charge in [0.2, 0.25) is 5.91 Å². The number of carbonyl (C=O) groups excluding carboxylic acids is 3. The molecule has 0 spiro atoms. The quantitative estimate of drug-likeness (QED) is 0.736. The van der Waals surface area contributed by atoms with Gasteiger partial charge in [-0.25, -0.2) is 4.79 Å². The molecule has 2 amide bonds. The van der Waals surface area contributed by atoms with Crippen LogP contribution in [0.15, 0.2) is 30.3 Å². The normalized spacial score (nSPS) is 24.1. The fourth-order valence-corrected chi connectivity index (χ4v) is 4.11. The molecule has 0 bridgehead atoms. The van der Waals surface area contributed by atoms with E-state index in [1.165, 1.54) is 4.90 Å². The second-order valence-corrected chi connectivity index (χ2v) is 9.25. The molecule has 2 N–H and O–H groups in total. The van der Waals surface area contributed by atoms with Crippen molar-refractivity contribution >= 4 is 18.0 Å². The number of rotatable bonds is 4. The summed E-state index contributed by atoms with van der Waals surface area (Å²) in [6, 6.07) is 8.85. The van der Waals surface area contributed by atoms with Crippen LogP contribution in [0, 0.1) is 5.92 Å². The van der Waals surface area contributed by atoms with Crippen molar-refractivity contribution < 1.29 is 23.9 Å². The van der Waals surface area contributed by atoms with Crippen molar-refractivity contribution in [1.29, 1.82) is 0 Å². The number of hydrogen-bond acceptors (Lipinski definition) is 6.